The normalized spacial score (nSPS) is 17.0. The Morgan fingerprint density at radius 1 is 1.22 bits per heavy atom. The zero-order valence-corrected chi connectivity index (χ0v) is 13.2. The van der Waals surface area contributed by atoms with Crippen LogP contribution in [-0.2, 0) is 4.74 Å². The molecule has 3 rings (SSSR count). The predicted octanol–water partition coefficient (Wildman–Crippen LogP) is 4.03. The first-order valence-electron chi connectivity index (χ1n) is 7.69. The number of aliphatic imine (C=N–C) groups is 1. The molecule has 1 atom stereocenters. The topological polar surface area (TPSA) is 58.9 Å². The summed E-state index contributed by atoms with van der Waals surface area (Å²) in [6, 6.07) is 15.1. The smallest absolute Gasteiger partial charge is 0.335 e. The second-order valence-electron chi connectivity index (χ2n) is 5.96. The van der Waals surface area contributed by atoms with E-state index in [1.165, 1.54) is 5.56 Å². The molecular formula is C19H19NO3. The number of hydrogen-bond donors (Lipinski definition) is 1. The molecule has 4 heteroatoms. The standard InChI is InChI=1S/C19H19NO3/c1-12(2)13-6-8-14(9-7-13)17-11-20-18(23-17)15-4-3-5-16(10-15)19(21)22/h3-10,12,17H,11H2,1-2H3,(H,21,22). The molecule has 0 bridgehead atoms. The van der Waals surface area contributed by atoms with Crippen molar-refractivity contribution in [3.05, 3.63) is 70.8 Å². The van der Waals surface area contributed by atoms with Crippen molar-refractivity contribution in [2.45, 2.75) is 25.9 Å². The fraction of sp³-hybridized carbons (Fsp3) is 0.263. The van der Waals surface area contributed by atoms with Gasteiger partial charge in [0.2, 0.25) is 5.90 Å². The van der Waals surface area contributed by atoms with Crippen LogP contribution in [0.4, 0.5) is 0 Å². The van der Waals surface area contributed by atoms with E-state index in [0.29, 0.717) is 23.9 Å². The van der Waals surface area contributed by atoms with E-state index in [4.69, 9.17) is 9.84 Å². The molecule has 23 heavy (non-hydrogen) atoms. The van der Waals surface area contributed by atoms with Gasteiger partial charge in [-0.05, 0) is 35.2 Å². The lowest BCUT2D eigenvalue weighted by Crippen LogP contribution is -2.07. The summed E-state index contributed by atoms with van der Waals surface area (Å²) >= 11 is 0. The van der Waals surface area contributed by atoms with Gasteiger partial charge in [0.15, 0.2) is 0 Å². The average Bonchev–Trinajstić information content (AvgIpc) is 3.05. The van der Waals surface area contributed by atoms with E-state index in [1.807, 2.05) is 6.07 Å². The van der Waals surface area contributed by atoms with Crippen LogP contribution in [0.3, 0.4) is 0 Å². The van der Waals surface area contributed by atoms with Crippen LogP contribution in [0.25, 0.3) is 0 Å². The number of carboxylic acid groups (broad SMARTS) is 1. The lowest BCUT2D eigenvalue weighted by Gasteiger charge is -2.13. The molecule has 4 nitrogen and oxygen atoms in total. The van der Waals surface area contributed by atoms with Gasteiger partial charge in [-0.15, -0.1) is 0 Å². The summed E-state index contributed by atoms with van der Waals surface area (Å²) in [4.78, 5) is 15.5. The van der Waals surface area contributed by atoms with Crippen molar-refractivity contribution in [2.24, 2.45) is 4.99 Å². The first-order chi connectivity index (χ1) is 11.0. The number of carbonyl (C=O) groups is 1. The third-order valence-electron chi connectivity index (χ3n) is 3.99. The lowest BCUT2D eigenvalue weighted by molar-refractivity contribution is 0.0697. The molecule has 1 aliphatic rings. The second-order valence-corrected chi connectivity index (χ2v) is 5.96. The number of carboxylic acids is 1. The maximum Gasteiger partial charge on any atom is 0.335 e. The first-order valence-corrected chi connectivity index (χ1v) is 7.69. The summed E-state index contributed by atoms with van der Waals surface area (Å²) in [5, 5.41) is 9.07. The summed E-state index contributed by atoms with van der Waals surface area (Å²) < 4.78 is 5.93. The zero-order valence-electron chi connectivity index (χ0n) is 13.2. The monoisotopic (exact) mass is 309 g/mol. The molecule has 1 unspecified atom stereocenters. The number of aromatic carboxylic acids is 1. The minimum atomic E-state index is -0.953. The van der Waals surface area contributed by atoms with E-state index in [2.05, 4.69) is 43.1 Å². The van der Waals surface area contributed by atoms with Crippen LogP contribution >= 0.6 is 0 Å². The Morgan fingerprint density at radius 3 is 2.61 bits per heavy atom. The van der Waals surface area contributed by atoms with Crippen molar-refractivity contribution in [3.8, 4) is 0 Å². The molecular weight excluding hydrogens is 290 g/mol. The van der Waals surface area contributed by atoms with Crippen molar-refractivity contribution >= 4 is 11.9 Å². The molecule has 0 aromatic heterocycles. The molecule has 0 fully saturated rings. The third-order valence-corrected chi connectivity index (χ3v) is 3.99. The highest BCUT2D eigenvalue weighted by molar-refractivity contribution is 5.98. The molecule has 0 aliphatic carbocycles. The van der Waals surface area contributed by atoms with Crippen LogP contribution in [0, 0.1) is 0 Å². The van der Waals surface area contributed by atoms with Gasteiger partial charge in [-0.1, -0.05) is 44.2 Å². The number of ether oxygens (including phenoxy) is 1. The largest absolute Gasteiger partial charge is 0.478 e. The highest BCUT2D eigenvalue weighted by atomic mass is 16.5. The summed E-state index contributed by atoms with van der Waals surface area (Å²) in [5.41, 5.74) is 3.31. The summed E-state index contributed by atoms with van der Waals surface area (Å²) in [6.45, 7) is 4.88. The molecule has 0 amide bonds. The van der Waals surface area contributed by atoms with Gasteiger partial charge in [-0.25, -0.2) is 9.79 Å². The summed E-state index contributed by atoms with van der Waals surface area (Å²) in [7, 11) is 0. The third kappa shape index (κ3) is 3.26. The number of hydrogen-bond acceptors (Lipinski definition) is 3. The van der Waals surface area contributed by atoms with Crippen molar-refractivity contribution in [3.63, 3.8) is 0 Å². The molecule has 0 spiro atoms. The van der Waals surface area contributed by atoms with Gasteiger partial charge in [0.25, 0.3) is 0 Å². The van der Waals surface area contributed by atoms with Gasteiger partial charge in [-0.3, -0.25) is 0 Å². The predicted molar refractivity (Wildman–Crippen MR) is 89.2 cm³/mol. The van der Waals surface area contributed by atoms with Crippen LogP contribution in [0.1, 0.15) is 52.9 Å². The average molecular weight is 309 g/mol. The van der Waals surface area contributed by atoms with Crippen LogP contribution < -0.4 is 0 Å². The molecule has 1 aliphatic heterocycles. The molecule has 2 aromatic rings. The lowest BCUT2D eigenvalue weighted by atomic mass is 10.00. The fourth-order valence-corrected chi connectivity index (χ4v) is 2.59. The minimum Gasteiger partial charge on any atom is -0.478 e. The molecule has 0 saturated heterocycles. The van der Waals surface area contributed by atoms with Crippen LogP contribution in [0.2, 0.25) is 0 Å². The van der Waals surface area contributed by atoms with Gasteiger partial charge < -0.3 is 9.84 Å². The summed E-state index contributed by atoms with van der Waals surface area (Å²) in [6.07, 6.45) is -0.111. The Kier molecular flexibility index (Phi) is 4.15. The number of benzene rings is 2. The molecule has 0 radical (unpaired) electrons. The first kappa shape index (κ1) is 15.3. The Balaban J connectivity index is 1.75. The fourth-order valence-electron chi connectivity index (χ4n) is 2.59. The van der Waals surface area contributed by atoms with E-state index >= 15 is 0 Å². The van der Waals surface area contributed by atoms with E-state index < -0.39 is 5.97 Å². The molecule has 1 heterocycles. The van der Waals surface area contributed by atoms with Gasteiger partial charge >= 0.3 is 5.97 Å². The minimum absolute atomic E-state index is 0.111. The van der Waals surface area contributed by atoms with Gasteiger partial charge in [0.05, 0.1) is 12.1 Å². The van der Waals surface area contributed by atoms with Crippen molar-refractivity contribution in [1.82, 2.24) is 0 Å². The van der Waals surface area contributed by atoms with Crippen LogP contribution in [0.15, 0.2) is 53.5 Å². The van der Waals surface area contributed by atoms with Crippen molar-refractivity contribution in [1.29, 1.82) is 0 Å². The quantitative estimate of drug-likeness (QED) is 0.927. The van der Waals surface area contributed by atoms with Crippen LogP contribution in [0.5, 0.6) is 0 Å². The van der Waals surface area contributed by atoms with Gasteiger partial charge in [-0.2, -0.15) is 0 Å². The maximum absolute atomic E-state index is 11.1. The maximum atomic E-state index is 11.1. The Labute approximate surface area is 135 Å². The number of rotatable bonds is 4. The van der Waals surface area contributed by atoms with E-state index in [9.17, 15) is 4.79 Å². The Hall–Kier alpha value is -2.62. The molecule has 118 valence electrons. The van der Waals surface area contributed by atoms with Crippen molar-refractivity contribution < 1.29 is 14.6 Å². The van der Waals surface area contributed by atoms with Crippen LogP contribution in [-0.4, -0.2) is 23.5 Å². The SMILES string of the molecule is CC(C)c1ccc(C2CN=C(c3cccc(C(=O)O)c3)O2)cc1. The molecule has 0 saturated carbocycles. The number of nitrogens with zero attached hydrogens (tertiary/aromatic N) is 1. The van der Waals surface area contributed by atoms with Gasteiger partial charge in [0.1, 0.15) is 6.10 Å². The van der Waals surface area contributed by atoms with Gasteiger partial charge in [0, 0.05) is 5.56 Å². The van der Waals surface area contributed by atoms with E-state index in [1.54, 1.807) is 18.2 Å². The second kappa shape index (κ2) is 6.24. The van der Waals surface area contributed by atoms with E-state index in [-0.39, 0.29) is 11.7 Å². The highest BCUT2D eigenvalue weighted by Crippen LogP contribution is 2.27. The van der Waals surface area contributed by atoms with Crippen molar-refractivity contribution in [2.75, 3.05) is 6.54 Å². The Morgan fingerprint density at radius 2 is 1.96 bits per heavy atom. The van der Waals surface area contributed by atoms with E-state index in [0.717, 1.165) is 5.56 Å². The highest BCUT2D eigenvalue weighted by Gasteiger charge is 2.23. The zero-order chi connectivity index (χ0) is 16.4. The molecule has 2 aromatic carbocycles. The summed E-state index contributed by atoms with van der Waals surface area (Å²) in [5.74, 6) is 0.0522. The Bertz CT molecular complexity index is 747. The molecule has 1 N–H and O–H groups in total.